The van der Waals surface area contributed by atoms with Gasteiger partial charge in [0.15, 0.2) is 0 Å². The van der Waals surface area contributed by atoms with Gasteiger partial charge in [-0.3, -0.25) is 4.79 Å². The van der Waals surface area contributed by atoms with Crippen LogP contribution in [0.2, 0.25) is 0 Å². The molecule has 2 atom stereocenters. The van der Waals surface area contributed by atoms with E-state index in [1.165, 1.54) is 27.8 Å². The number of benzene rings is 2. The SMILES string of the molecule is CCC1C(CCC(=O)Cc2ccc(C(C)C)cc2)=CC=C1CC1C=CC(c2ccccc2)=C1. The van der Waals surface area contributed by atoms with Crippen LogP contribution in [0.4, 0.5) is 0 Å². The van der Waals surface area contributed by atoms with Crippen molar-refractivity contribution >= 4 is 11.4 Å². The summed E-state index contributed by atoms with van der Waals surface area (Å²) in [4.78, 5) is 12.7. The van der Waals surface area contributed by atoms with Crippen LogP contribution in [0, 0.1) is 11.8 Å². The minimum Gasteiger partial charge on any atom is -0.299 e. The maximum absolute atomic E-state index is 12.7. The van der Waals surface area contributed by atoms with E-state index in [0.717, 1.165) is 24.8 Å². The number of rotatable bonds is 10. The highest BCUT2D eigenvalue weighted by Crippen LogP contribution is 2.38. The van der Waals surface area contributed by atoms with Gasteiger partial charge in [0.05, 0.1) is 0 Å². The molecule has 0 amide bonds. The molecule has 0 aromatic heterocycles. The lowest BCUT2D eigenvalue weighted by molar-refractivity contribution is -0.118. The molecule has 0 fully saturated rings. The number of Topliss-reactive ketones (excluding diaryl/α,β-unsaturated/α-hetero) is 1. The topological polar surface area (TPSA) is 17.1 Å². The van der Waals surface area contributed by atoms with E-state index in [0.29, 0.717) is 36.4 Å². The number of carbonyl (C=O) groups excluding carboxylic acids is 1. The van der Waals surface area contributed by atoms with E-state index in [2.05, 4.69) is 106 Å². The Morgan fingerprint density at radius 1 is 0.939 bits per heavy atom. The van der Waals surface area contributed by atoms with Crippen molar-refractivity contribution in [2.24, 2.45) is 11.8 Å². The number of carbonyl (C=O) groups is 1. The maximum atomic E-state index is 12.7. The first-order valence-corrected chi connectivity index (χ1v) is 12.5. The molecular weight excluding hydrogens is 400 g/mol. The first-order chi connectivity index (χ1) is 16.0. The summed E-state index contributed by atoms with van der Waals surface area (Å²) in [6.07, 6.45) is 15.8. The Morgan fingerprint density at radius 2 is 1.67 bits per heavy atom. The van der Waals surface area contributed by atoms with E-state index in [1.807, 2.05) is 0 Å². The lowest BCUT2D eigenvalue weighted by Gasteiger charge is -2.19. The van der Waals surface area contributed by atoms with Crippen molar-refractivity contribution < 1.29 is 4.79 Å². The van der Waals surface area contributed by atoms with Crippen molar-refractivity contribution in [2.45, 2.75) is 58.8 Å². The highest BCUT2D eigenvalue weighted by atomic mass is 16.1. The molecule has 0 aliphatic heterocycles. The van der Waals surface area contributed by atoms with Crippen LogP contribution in [0.3, 0.4) is 0 Å². The summed E-state index contributed by atoms with van der Waals surface area (Å²) in [5, 5.41) is 0. The third-order valence-corrected chi connectivity index (χ3v) is 7.05. The van der Waals surface area contributed by atoms with Crippen molar-refractivity contribution in [1.29, 1.82) is 0 Å². The molecule has 2 aromatic rings. The zero-order chi connectivity index (χ0) is 23.2. The van der Waals surface area contributed by atoms with E-state index in [-0.39, 0.29) is 0 Å². The number of ketones is 1. The molecule has 0 N–H and O–H groups in total. The summed E-state index contributed by atoms with van der Waals surface area (Å²) in [5.41, 5.74) is 8.03. The first-order valence-electron chi connectivity index (χ1n) is 12.5. The van der Waals surface area contributed by atoms with Crippen molar-refractivity contribution in [3.05, 3.63) is 113 Å². The number of hydrogen-bond donors (Lipinski definition) is 0. The van der Waals surface area contributed by atoms with Crippen molar-refractivity contribution in [3.63, 3.8) is 0 Å². The van der Waals surface area contributed by atoms with Crippen LogP contribution >= 0.6 is 0 Å². The smallest absolute Gasteiger partial charge is 0.137 e. The van der Waals surface area contributed by atoms with Crippen molar-refractivity contribution in [1.82, 2.24) is 0 Å². The predicted molar refractivity (Wildman–Crippen MR) is 140 cm³/mol. The van der Waals surface area contributed by atoms with Crippen LogP contribution in [0.1, 0.15) is 69.1 Å². The molecule has 170 valence electrons. The van der Waals surface area contributed by atoms with Gasteiger partial charge in [0.1, 0.15) is 5.78 Å². The Bertz CT molecular complexity index is 1080. The van der Waals surface area contributed by atoms with Crippen LogP contribution in [-0.4, -0.2) is 5.78 Å². The molecule has 2 unspecified atom stereocenters. The minimum absolute atomic E-state index is 0.339. The second-order valence-electron chi connectivity index (χ2n) is 9.77. The summed E-state index contributed by atoms with van der Waals surface area (Å²) < 4.78 is 0. The van der Waals surface area contributed by atoms with Gasteiger partial charge in [-0.25, -0.2) is 0 Å². The molecule has 0 radical (unpaired) electrons. The van der Waals surface area contributed by atoms with E-state index in [1.54, 1.807) is 0 Å². The zero-order valence-electron chi connectivity index (χ0n) is 20.3. The van der Waals surface area contributed by atoms with Crippen molar-refractivity contribution in [3.8, 4) is 0 Å². The Hall–Kier alpha value is -2.93. The Morgan fingerprint density at radius 3 is 2.36 bits per heavy atom. The molecule has 0 bridgehead atoms. The number of hydrogen-bond acceptors (Lipinski definition) is 1. The van der Waals surface area contributed by atoms with Crippen LogP contribution in [-0.2, 0) is 11.2 Å². The Balaban J connectivity index is 1.28. The molecule has 1 nitrogen and oxygen atoms in total. The molecule has 33 heavy (non-hydrogen) atoms. The van der Waals surface area contributed by atoms with Gasteiger partial charge >= 0.3 is 0 Å². The third-order valence-electron chi connectivity index (χ3n) is 7.05. The molecule has 0 saturated carbocycles. The Labute approximate surface area is 199 Å². The fourth-order valence-electron chi connectivity index (χ4n) is 5.09. The lowest BCUT2D eigenvalue weighted by Crippen LogP contribution is -2.09. The highest BCUT2D eigenvalue weighted by molar-refractivity contribution is 5.81. The van der Waals surface area contributed by atoms with Gasteiger partial charge in [-0.1, -0.05) is 117 Å². The van der Waals surface area contributed by atoms with Crippen molar-refractivity contribution in [2.75, 3.05) is 0 Å². The fourth-order valence-corrected chi connectivity index (χ4v) is 5.09. The molecular formula is C32H36O. The summed E-state index contributed by atoms with van der Waals surface area (Å²) >= 11 is 0. The molecule has 2 aliphatic carbocycles. The van der Waals surface area contributed by atoms with Gasteiger partial charge in [-0.15, -0.1) is 0 Å². The molecule has 1 heteroatoms. The van der Waals surface area contributed by atoms with Crippen LogP contribution in [0.15, 0.2) is 96.1 Å². The third kappa shape index (κ3) is 5.90. The maximum Gasteiger partial charge on any atom is 0.137 e. The summed E-state index contributed by atoms with van der Waals surface area (Å²) in [5.74, 6) is 1.82. The fraction of sp³-hybridized carbons (Fsp3) is 0.344. The summed E-state index contributed by atoms with van der Waals surface area (Å²) in [6.45, 7) is 6.66. The van der Waals surface area contributed by atoms with Crippen LogP contribution < -0.4 is 0 Å². The molecule has 2 aliphatic rings. The van der Waals surface area contributed by atoms with Gasteiger partial charge < -0.3 is 0 Å². The molecule has 2 aromatic carbocycles. The molecule has 4 rings (SSSR count). The second-order valence-corrected chi connectivity index (χ2v) is 9.77. The van der Waals surface area contributed by atoms with E-state index >= 15 is 0 Å². The van der Waals surface area contributed by atoms with Gasteiger partial charge in [0, 0.05) is 18.8 Å². The second kappa shape index (κ2) is 10.8. The van der Waals surface area contributed by atoms with E-state index in [9.17, 15) is 4.79 Å². The molecule has 0 heterocycles. The van der Waals surface area contributed by atoms with Gasteiger partial charge in [0.2, 0.25) is 0 Å². The van der Waals surface area contributed by atoms with Gasteiger partial charge in [-0.05, 0) is 53.4 Å². The molecule has 0 spiro atoms. The first kappa shape index (κ1) is 23.2. The van der Waals surface area contributed by atoms with Gasteiger partial charge in [0.25, 0.3) is 0 Å². The molecule has 0 saturated heterocycles. The Kier molecular flexibility index (Phi) is 7.60. The zero-order valence-corrected chi connectivity index (χ0v) is 20.3. The largest absolute Gasteiger partial charge is 0.299 e. The lowest BCUT2D eigenvalue weighted by atomic mass is 9.85. The average Bonchev–Trinajstić information content (AvgIpc) is 3.45. The minimum atomic E-state index is 0.339. The normalized spacial score (nSPS) is 19.6. The standard InChI is InChI=1S/C32H36O/c1-4-32-28(18-19-31(33)22-24-10-13-26(14-11-24)23(2)3)16-17-30(32)21-25-12-15-29(20-25)27-8-6-5-7-9-27/h5-17,20,23,25,32H,4,18-19,21-22H2,1-3H3. The van der Waals surface area contributed by atoms with Gasteiger partial charge in [-0.2, -0.15) is 0 Å². The summed E-state index contributed by atoms with van der Waals surface area (Å²) in [6, 6.07) is 19.2. The summed E-state index contributed by atoms with van der Waals surface area (Å²) in [7, 11) is 0. The monoisotopic (exact) mass is 436 g/mol. The van der Waals surface area contributed by atoms with E-state index in [4.69, 9.17) is 0 Å². The number of allylic oxidation sites excluding steroid dienone is 8. The average molecular weight is 437 g/mol. The quantitative estimate of drug-likeness (QED) is 0.366. The predicted octanol–water partition coefficient (Wildman–Crippen LogP) is 8.25. The highest BCUT2D eigenvalue weighted by Gasteiger charge is 2.24. The van der Waals surface area contributed by atoms with Crippen LogP contribution in [0.5, 0.6) is 0 Å². The van der Waals surface area contributed by atoms with E-state index < -0.39 is 0 Å². The van der Waals surface area contributed by atoms with Crippen LogP contribution in [0.25, 0.3) is 5.57 Å².